The van der Waals surface area contributed by atoms with Crippen molar-refractivity contribution in [3.8, 4) is 11.3 Å². The molecule has 1 heterocycles. The number of carbonyl (C=O) groups is 1. The highest BCUT2D eigenvalue weighted by Gasteiger charge is 2.24. The topological polar surface area (TPSA) is 66.6 Å². The molecule has 22 heavy (non-hydrogen) atoms. The third-order valence-corrected chi connectivity index (χ3v) is 3.42. The van der Waals surface area contributed by atoms with Crippen molar-refractivity contribution in [1.29, 1.82) is 0 Å². The van der Waals surface area contributed by atoms with Gasteiger partial charge < -0.3 is 14.5 Å². The predicted octanol–water partition coefficient (Wildman–Crippen LogP) is 3.23. The van der Waals surface area contributed by atoms with Crippen LogP contribution in [-0.4, -0.2) is 39.8 Å². The molecule has 0 aliphatic carbocycles. The monoisotopic (exact) mass is 322 g/mol. The number of amides is 1. The van der Waals surface area contributed by atoms with E-state index in [1.165, 1.54) is 0 Å². The van der Waals surface area contributed by atoms with Gasteiger partial charge in [0.15, 0.2) is 0 Å². The van der Waals surface area contributed by atoms with Gasteiger partial charge in [0, 0.05) is 29.2 Å². The number of hydrogen-bond acceptors (Lipinski definition) is 4. The smallest absolute Gasteiger partial charge is 0.292 e. The number of nitrogens with zero attached hydrogens (tertiary/aromatic N) is 2. The van der Waals surface area contributed by atoms with E-state index in [0.29, 0.717) is 10.7 Å². The molecule has 6 heteroatoms. The van der Waals surface area contributed by atoms with Gasteiger partial charge in [-0.2, -0.15) is 0 Å². The van der Waals surface area contributed by atoms with E-state index in [1.807, 2.05) is 26.0 Å². The third-order valence-electron chi connectivity index (χ3n) is 3.19. The fraction of sp³-hybridized carbons (Fsp3) is 0.375. The average Bonchev–Trinajstić information content (AvgIpc) is 2.93. The second-order valence-electron chi connectivity index (χ2n) is 5.49. The van der Waals surface area contributed by atoms with Crippen LogP contribution in [-0.2, 0) is 0 Å². The number of benzene rings is 1. The average molecular weight is 323 g/mol. The first-order valence-corrected chi connectivity index (χ1v) is 7.48. The lowest BCUT2D eigenvalue weighted by Gasteiger charge is -2.26. The largest absolute Gasteiger partial charge is 0.392 e. The normalized spacial score (nSPS) is 12.5. The Morgan fingerprint density at radius 1 is 1.36 bits per heavy atom. The summed E-state index contributed by atoms with van der Waals surface area (Å²) < 4.78 is 5.17. The summed E-state index contributed by atoms with van der Waals surface area (Å²) >= 11 is 5.95. The molecule has 2 rings (SSSR count). The predicted molar refractivity (Wildman–Crippen MR) is 84.8 cm³/mol. The summed E-state index contributed by atoms with van der Waals surface area (Å²) in [5, 5.41) is 14.0. The molecule has 0 spiro atoms. The van der Waals surface area contributed by atoms with Crippen molar-refractivity contribution in [1.82, 2.24) is 10.1 Å². The Bertz CT molecular complexity index is 652. The highest BCUT2D eigenvalue weighted by atomic mass is 35.5. The fourth-order valence-electron chi connectivity index (χ4n) is 2.11. The Balaban J connectivity index is 2.24. The molecule has 1 atom stereocenters. The number of rotatable bonds is 5. The van der Waals surface area contributed by atoms with Crippen LogP contribution in [0.5, 0.6) is 0 Å². The highest BCUT2D eigenvalue weighted by Crippen LogP contribution is 2.23. The van der Waals surface area contributed by atoms with Crippen LogP contribution in [0.15, 0.2) is 34.9 Å². The molecule has 0 saturated carbocycles. The molecule has 2 aromatic rings. The minimum Gasteiger partial charge on any atom is -0.392 e. The van der Waals surface area contributed by atoms with Crippen molar-refractivity contribution in [2.45, 2.75) is 32.9 Å². The van der Waals surface area contributed by atoms with E-state index in [0.717, 1.165) is 5.56 Å². The molecule has 0 aliphatic heterocycles. The number of aliphatic hydroxyl groups is 1. The van der Waals surface area contributed by atoms with Gasteiger partial charge in [0.2, 0.25) is 5.76 Å². The second kappa shape index (κ2) is 6.94. The van der Waals surface area contributed by atoms with Gasteiger partial charge in [-0.25, -0.2) is 0 Å². The van der Waals surface area contributed by atoms with Gasteiger partial charge in [0.1, 0.15) is 5.69 Å². The summed E-state index contributed by atoms with van der Waals surface area (Å²) in [6.45, 7) is 5.65. The SMILES string of the molecule is CC(O)CN(C(=O)c1cc(-c2cccc(Cl)c2)no1)C(C)C. The van der Waals surface area contributed by atoms with Crippen molar-refractivity contribution < 1.29 is 14.4 Å². The van der Waals surface area contributed by atoms with Crippen molar-refractivity contribution in [3.63, 3.8) is 0 Å². The van der Waals surface area contributed by atoms with Crippen LogP contribution in [0.25, 0.3) is 11.3 Å². The molecule has 1 amide bonds. The number of aliphatic hydroxyl groups excluding tert-OH is 1. The third kappa shape index (κ3) is 3.87. The molecular weight excluding hydrogens is 304 g/mol. The molecule has 0 fully saturated rings. The molecule has 0 aliphatic rings. The lowest BCUT2D eigenvalue weighted by atomic mass is 10.1. The van der Waals surface area contributed by atoms with Gasteiger partial charge in [0.25, 0.3) is 5.91 Å². The molecule has 1 N–H and O–H groups in total. The molecule has 1 aromatic heterocycles. The van der Waals surface area contributed by atoms with Gasteiger partial charge in [-0.3, -0.25) is 4.79 Å². The molecule has 0 radical (unpaired) electrons. The van der Waals surface area contributed by atoms with Crippen molar-refractivity contribution in [2.75, 3.05) is 6.54 Å². The van der Waals surface area contributed by atoms with Crippen molar-refractivity contribution >= 4 is 17.5 Å². The lowest BCUT2D eigenvalue weighted by Crippen LogP contribution is -2.41. The van der Waals surface area contributed by atoms with E-state index >= 15 is 0 Å². The Morgan fingerprint density at radius 3 is 2.68 bits per heavy atom. The summed E-state index contributed by atoms with van der Waals surface area (Å²) in [6, 6.07) is 8.70. The zero-order chi connectivity index (χ0) is 16.3. The van der Waals surface area contributed by atoms with Gasteiger partial charge in [0.05, 0.1) is 6.10 Å². The lowest BCUT2D eigenvalue weighted by molar-refractivity contribution is 0.0540. The number of aromatic nitrogens is 1. The zero-order valence-corrected chi connectivity index (χ0v) is 13.5. The molecule has 118 valence electrons. The molecule has 0 bridgehead atoms. The van der Waals surface area contributed by atoms with Crippen LogP contribution in [0.4, 0.5) is 0 Å². The first-order chi connectivity index (χ1) is 10.4. The van der Waals surface area contributed by atoms with E-state index in [-0.39, 0.29) is 24.3 Å². The maximum Gasteiger partial charge on any atom is 0.292 e. The second-order valence-corrected chi connectivity index (χ2v) is 5.92. The first-order valence-electron chi connectivity index (χ1n) is 7.10. The van der Waals surface area contributed by atoms with E-state index in [1.54, 1.807) is 30.0 Å². The summed E-state index contributed by atoms with van der Waals surface area (Å²) in [4.78, 5) is 14.0. The van der Waals surface area contributed by atoms with Crippen LogP contribution >= 0.6 is 11.6 Å². The Labute approximate surface area is 134 Å². The van der Waals surface area contributed by atoms with Crippen LogP contribution in [0.3, 0.4) is 0 Å². The zero-order valence-electron chi connectivity index (χ0n) is 12.8. The van der Waals surface area contributed by atoms with E-state index in [9.17, 15) is 9.90 Å². The van der Waals surface area contributed by atoms with Crippen LogP contribution in [0.1, 0.15) is 31.3 Å². The van der Waals surface area contributed by atoms with Crippen LogP contribution in [0, 0.1) is 0 Å². The quantitative estimate of drug-likeness (QED) is 0.917. The molecule has 1 unspecified atom stereocenters. The minimum absolute atomic E-state index is 0.0539. The Hall–Kier alpha value is -1.85. The fourth-order valence-corrected chi connectivity index (χ4v) is 2.30. The van der Waals surface area contributed by atoms with Gasteiger partial charge >= 0.3 is 0 Å². The molecule has 5 nitrogen and oxygen atoms in total. The van der Waals surface area contributed by atoms with E-state index < -0.39 is 6.10 Å². The van der Waals surface area contributed by atoms with E-state index in [2.05, 4.69) is 5.16 Å². The molecule has 0 saturated heterocycles. The van der Waals surface area contributed by atoms with Gasteiger partial charge in [-0.1, -0.05) is 28.9 Å². The number of hydrogen-bond donors (Lipinski definition) is 1. The van der Waals surface area contributed by atoms with Crippen molar-refractivity contribution in [2.24, 2.45) is 0 Å². The van der Waals surface area contributed by atoms with E-state index in [4.69, 9.17) is 16.1 Å². The Kier molecular flexibility index (Phi) is 5.21. The first kappa shape index (κ1) is 16.5. The van der Waals surface area contributed by atoms with Crippen LogP contribution < -0.4 is 0 Å². The van der Waals surface area contributed by atoms with Crippen molar-refractivity contribution in [3.05, 3.63) is 41.1 Å². The Morgan fingerprint density at radius 2 is 2.09 bits per heavy atom. The standard InChI is InChI=1S/C16H19ClN2O3/c1-10(2)19(9-11(3)20)16(21)15-8-14(18-22-15)12-5-4-6-13(17)7-12/h4-8,10-11,20H,9H2,1-3H3. The summed E-state index contributed by atoms with van der Waals surface area (Å²) in [7, 11) is 0. The summed E-state index contributed by atoms with van der Waals surface area (Å²) in [5.41, 5.74) is 1.33. The van der Waals surface area contributed by atoms with Gasteiger partial charge in [-0.15, -0.1) is 0 Å². The van der Waals surface area contributed by atoms with Gasteiger partial charge in [-0.05, 0) is 32.9 Å². The summed E-state index contributed by atoms with van der Waals surface area (Å²) in [5.74, 6) is -0.152. The minimum atomic E-state index is -0.610. The maximum absolute atomic E-state index is 12.5. The summed E-state index contributed by atoms with van der Waals surface area (Å²) in [6.07, 6.45) is -0.610. The highest BCUT2D eigenvalue weighted by molar-refractivity contribution is 6.30. The number of carbonyl (C=O) groups excluding carboxylic acids is 1. The number of halogens is 1. The molecular formula is C16H19ClN2O3. The molecule has 1 aromatic carbocycles. The maximum atomic E-state index is 12.5. The van der Waals surface area contributed by atoms with Crippen LogP contribution in [0.2, 0.25) is 5.02 Å².